The van der Waals surface area contributed by atoms with Crippen molar-refractivity contribution < 1.29 is 4.74 Å². The molecule has 2 atom stereocenters. The van der Waals surface area contributed by atoms with Gasteiger partial charge in [-0.25, -0.2) is 9.97 Å². The molecule has 0 spiro atoms. The maximum Gasteiger partial charge on any atom is 0.263 e. The van der Waals surface area contributed by atoms with Crippen LogP contribution in [-0.2, 0) is 13.0 Å². The van der Waals surface area contributed by atoms with Gasteiger partial charge in [0.1, 0.15) is 0 Å². The predicted octanol–water partition coefficient (Wildman–Crippen LogP) is 3.42. The molecule has 1 fully saturated rings. The van der Waals surface area contributed by atoms with Gasteiger partial charge in [0.2, 0.25) is 0 Å². The fraction of sp³-hybridized carbons (Fsp3) is 0.462. The minimum absolute atomic E-state index is 0.0199. The lowest BCUT2D eigenvalue weighted by atomic mass is 9.92. The van der Waals surface area contributed by atoms with Crippen LogP contribution < -0.4 is 10.5 Å². The number of hydrogen-bond donors (Lipinski definition) is 1. The Balaban J connectivity index is 1.38. The van der Waals surface area contributed by atoms with Gasteiger partial charge in [0.15, 0.2) is 11.6 Å². The molecule has 4 heterocycles. The molecule has 0 amide bonds. The number of aryl methyl sites for hydroxylation is 1. The molecular formula is C26H32N8O. The van der Waals surface area contributed by atoms with Crippen LogP contribution in [0, 0.1) is 24.2 Å². The third-order valence-corrected chi connectivity index (χ3v) is 7.22. The second kappa shape index (κ2) is 9.64. The molecule has 5 rings (SSSR count). The van der Waals surface area contributed by atoms with Gasteiger partial charge in [-0.1, -0.05) is 6.92 Å². The van der Waals surface area contributed by atoms with E-state index in [1.54, 1.807) is 12.4 Å². The first kappa shape index (κ1) is 23.3. The van der Waals surface area contributed by atoms with Crippen LogP contribution in [0.2, 0.25) is 0 Å². The number of hydrogen-bond acceptors (Lipinski definition) is 8. The summed E-state index contributed by atoms with van der Waals surface area (Å²) >= 11 is 0. The molecule has 9 nitrogen and oxygen atoms in total. The van der Waals surface area contributed by atoms with E-state index in [9.17, 15) is 5.26 Å². The Morgan fingerprint density at radius 2 is 2.11 bits per heavy atom. The lowest BCUT2D eigenvalue weighted by Gasteiger charge is -2.34. The van der Waals surface area contributed by atoms with Gasteiger partial charge in [-0.3, -0.25) is 4.68 Å². The minimum Gasteiger partial charge on any atom is -0.433 e. The van der Waals surface area contributed by atoms with Crippen LogP contribution in [0.15, 0.2) is 30.7 Å². The number of ether oxygens (including phenoxy) is 1. The average Bonchev–Trinajstić information content (AvgIpc) is 3.32. The number of likely N-dealkylation sites (tertiary alicyclic amines) is 1. The first-order valence-corrected chi connectivity index (χ1v) is 12.2. The van der Waals surface area contributed by atoms with E-state index in [-0.39, 0.29) is 23.7 Å². The highest BCUT2D eigenvalue weighted by Crippen LogP contribution is 2.33. The summed E-state index contributed by atoms with van der Waals surface area (Å²) in [6.07, 6.45) is 7.10. The van der Waals surface area contributed by atoms with Gasteiger partial charge >= 0.3 is 0 Å². The number of nitriles is 1. The van der Waals surface area contributed by atoms with Crippen molar-refractivity contribution in [1.29, 1.82) is 5.26 Å². The van der Waals surface area contributed by atoms with Crippen LogP contribution in [0.3, 0.4) is 0 Å². The van der Waals surface area contributed by atoms with Gasteiger partial charge in [0.05, 0.1) is 42.3 Å². The summed E-state index contributed by atoms with van der Waals surface area (Å²) in [5, 5.41) is 14.2. The Labute approximate surface area is 206 Å². The van der Waals surface area contributed by atoms with Crippen molar-refractivity contribution in [2.45, 2.75) is 39.3 Å². The number of likely N-dealkylation sites (N-methyl/N-ethyl adjacent to an activating group) is 1. The van der Waals surface area contributed by atoms with E-state index in [4.69, 9.17) is 15.5 Å². The number of piperidine rings is 1. The van der Waals surface area contributed by atoms with Crippen LogP contribution in [0.4, 0.5) is 5.82 Å². The predicted molar refractivity (Wildman–Crippen MR) is 134 cm³/mol. The highest BCUT2D eigenvalue weighted by atomic mass is 16.5. The number of nitrogens with zero attached hydrogens (tertiary/aromatic N) is 7. The normalized spacial score (nSPS) is 20.9. The summed E-state index contributed by atoms with van der Waals surface area (Å²) in [4.78, 5) is 13.7. The van der Waals surface area contributed by atoms with Crippen molar-refractivity contribution in [2.24, 2.45) is 5.92 Å². The largest absolute Gasteiger partial charge is 0.433 e. The van der Waals surface area contributed by atoms with Crippen molar-refractivity contribution in [3.8, 4) is 29.0 Å². The monoisotopic (exact) mass is 472 g/mol. The lowest BCUT2D eigenvalue weighted by Crippen LogP contribution is -2.40. The third kappa shape index (κ3) is 4.72. The molecule has 0 bridgehead atoms. The number of rotatable bonds is 5. The summed E-state index contributed by atoms with van der Waals surface area (Å²) in [5.41, 5.74) is 11.9. The zero-order valence-corrected chi connectivity index (χ0v) is 20.6. The summed E-state index contributed by atoms with van der Waals surface area (Å²) in [6, 6.07) is 6.83. The van der Waals surface area contributed by atoms with Crippen LogP contribution in [0.1, 0.15) is 36.1 Å². The highest BCUT2D eigenvalue weighted by Gasteiger charge is 2.30. The van der Waals surface area contributed by atoms with Gasteiger partial charge < -0.3 is 20.3 Å². The van der Waals surface area contributed by atoms with E-state index in [1.165, 1.54) is 16.7 Å². The SMILES string of the molecule is CCN1CCC(n2cc(Oc3nc(-c4cc(C)c5c(c4)CN(C)CC5)cnc3N)cn2)C(C#N)C1. The Bertz CT molecular complexity index is 1260. The molecule has 2 unspecified atom stereocenters. The first-order chi connectivity index (χ1) is 16.9. The average molecular weight is 473 g/mol. The minimum atomic E-state index is -0.115. The zero-order chi connectivity index (χ0) is 24.5. The molecule has 2 N–H and O–H groups in total. The van der Waals surface area contributed by atoms with Crippen molar-refractivity contribution in [2.75, 3.05) is 39.0 Å². The molecule has 2 aromatic heterocycles. The van der Waals surface area contributed by atoms with Crippen LogP contribution in [-0.4, -0.2) is 62.8 Å². The van der Waals surface area contributed by atoms with Gasteiger partial charge in [-0.2, -0.15) is 10.4 Å². The molecule has 1 saturated heterocycles. The molecule has 0 saturated carbocycles. The van der Waals surface area contributed by atoms with E-state index in [2.05, 4.69) is 59.0 Å². The van der Waals surface area contributed by atoms with Gasteiger partial charge in [0, 0.05) is 31.7 Å². The number of nitrogens with two attached hydrogens (primary N) is 1. The quantitative estimate of drug-likeness (QED) is 0.602. The second-order valence-corrected chi connectivity index (χ2v) is 9.61. The van der Waals surface area contributed by atoms with E-state index in [0.717, 1.165) is 56.8 Å². The van der Waals surface area contributed by atoms with Crippen LogP contribution in [0.25, 0.3) is 11.3 Å². The van der Waals surface area contributed by atoms with Crippen molar-refractivity contribution in [3.63, 3.8) is 0 Å². The Morgan fingerprint density at radius 1 is 1.26 bits per heavy atom. The van der Waals surface area contributed by atoms with E-state index in [1.807, 2.05) is 10.9 Å². The summed E-state index contributed by atoms with van der Waals surface area (Å²) in [5.74, 6) is 0.895. The van der Waals surface area contributed by atoms with Gasteiger partial charge in [-0.05, 0) is 62.2 Å². The molecule has 0 aliphatic carbocycles. The zero-order valence-electron chi connectivity index (χ0n) is 20.6. The number of aromatic nitrogens is 4. The fourth-order valence-electron chi connectivity index (χ4n) is 5.21. The highest BCUT2D eigenvalue weighted by molar-refractivity contribution is 5.64. The number of benzene rings is 1. The van der Waals surface area contributed by atoms with Crippen molar-refractivity contribution in [3.05, 3.63) is 47.4 Å². The molecule has 3 aromatic rings. The maximum absolute atomic E-state index is 9.67. The lowest BCUT2D eigenvalue weighted by molar-refractivity contribution is 0.150. The Kier molecular flexibility index (Phi) is 6.41. The van der Waals surface area contributed by atoms with Crippen LogP contribution in [0.5, 0.6) is 11.6 Å². The van der Waals surface area contributed by atoms with E-state index in [0.29, 0.717) is 5.75 Å². The van der Waals surface area contributed by atoms with Gasteiger partial charge in [0.25, 0.3) is 5.88 Å². The molecule has 9 heteroatoms. The third-order valence-electron chi connectivity index (χ3n) is 7.22. The summed E-state index contributed by atoms with van der Waals surface area (Å²) in [7, 11) is 2.14. The Morgan fingerprint density at radius 3 is 2.91 bits per heavy atom. The van der Waals surface area contributed by atoms with Crippen molar-refractivity contribution in [1.82, 2.24) is 29.5 Å². The fourth-order valence-corrected chi connectivity index (χ4v) is 5.21. The molecule has 0 radical (unpaired) electrons. The van der Waals surface area contributed by atoms with Gasteiger partial charge in [-0.15, -0.1) is 0 Å². The Hall–Kier alpha value is -3.48. The molecule has 182 valence electrons. The van der Waals surface area contributed by atoms with E-state index >= 15 is 0 Å². The van der Waals surface area contributed by atoms with Crippen molar-refractivity contribution >= 4 is 5.82 Å². The summed E-state index contributed by atoms with van der Waals surface area (Å²) in [6.45, 7) is 8.94. The van der Waals surface area contributed by atoms with E-state index < -0.39 is 0 Å². The van der Waals surface area contributed by atoms with Crippen LogP contribution >= 0.6 is 0 Å². The molecular weight excluding hydrogens is 440 g/mol. The smallest absolute Gasteiger partial charge is 0.263 e. The molecule has 2 aliphatic heterocycles. The first-order valence-electron chi connectivity index (χ1n) is 12.2. The number of anilines is 1. The molecule has 2 aliphatic rings. The summed E-state index contributed by atoms with van der Waals surface area (Å²) < 4.78 is 7.87. The molecule has 1 aromatic carbocycles. The second-order valence-electron chi connectivity index (χ2n) is 9.61. The number of fused-ring (bicyclic) bond motifs is 1. The standard InChI is InChI=1S/C26H32N8O/c1-4-33-8-6-24(20(11-27)15-33)34-16-21(12-30-34)35-26-25(28)29-13-23(31-26)18-9-17(2)22-5-7-32(3)14-19(22)10-18/h9-10,12-13,16,20,24H,4-8,14-15H2,1-3H3,(H2,28,29). The molecule has 35 heavy (non-hydrogen) atoms. The maximum atomic E-state index is 9.67. The number of nitrogen functional groups attached to an aromatic ring is 1. The topological polar surface area (TPSA) is 109 Å².